The van der Waals surface area contributed by atoms with Crippen LogP contribution in [0, 0.1) is 5.82 Å². The van der Waals surface area contributed by atoms with Crippen molar-refractivity contribution in [1.82, 2.24) is 14.8 Å². The van der Waals surface area contributed by atoms with E-state index in [0.717, 1.165) is 17.4 Å². The highest BCUT2D eigenvalue weighted by molar-refractivity contribution is 7.99. The van der Waals surface area contributed by atoms with Gasteiger partial charge < -0.3 is 10.1 Å². The minimum Gasteiger partial charge on any atom is -0.455 e. The van der Waals surface area contributed by atoms with Gasteiger partial charge in [0.2, 0.25) is 0 Å². The van der Waals surface area contributed by atoms with E-state index in [2.05, 4.69) is 15.5 Å². The highest BCUT2D eigenvalue weighted by Gasteiger charge is 2.20. The Kier molecular flexibility index (Phi) is 7.11. The topological polar surface area (TPSA) is 86.1 Å². The Morgan fingerprint density at radius 2 is 1.58 bits per heavy atom. The van der Waals surface area contributed by atoms with Crippen molar-refractivity contribution in [3.63, 3.8) is 0 Å². The quantitative estimate of drug-likeness (QED) is 0.310. The molecule has 7 nitrogen and oxygen atoms in total. The number of rotatable bonds is 8. The molecule has 3 aromatic carbocycles. The third kappa shape index (κ3) is 5.64. The first-order valence-electron chi connectivity index (χ1n) is 10.0. The summed E-state index contributed by atoms with van der Waals surface area (Å²) < 4.78 is 21.2. The third-order valence-corrected chi connectivity index (χ3v) is 5.41. The molecule has 0 fully saturated rings. The van der Waals surface area contributed by atoms with Crippen molar-refractivity contribution in [2.45, 2.75) is 5.16 Å². The van der Waals surface area contributed by atoms with Crippen molar-refractivity contribution in [2.24, 2.45) is 0 Å². The second-order valence-corrected chi connectivity index (χ2v) is 7.76. The number of aromatic nitrogens is 3. The summed E-state index contributed by atoms with van der Waals surface area (Å²) in [5, 5.41) is 11.4. The fourth-order valence-electron chi connectivity index (χ4n) is 3.02. The van der Waals surface area contributed by atoms with Crippen LogP contribution in [0.25, 0.3) is 17.1 Å². The molecular formula is C24H19FN4O3S. The molecule has 1 amide bonds. The van der Waals surface area contributed by atoms with Crippen LogP contribution in [0.1, 0.15) is 0 Å². The number of para-hydroxylation sites is 2. The summed E-state index contributed by atoms with van der Waals surface area (Å²) in [5.41, 5.74) is 1.63. The lowest BCUT2D eigenvalue weighted by Gasteiger charge is -2.11. The molecule has 9 heteroatoms. The van der Waals surface area contributed by atoms with Crippen LogP contribution in [0.3, 0.4) is 0 Å². The molecule has 0 spiro atoms. The second-order valence-electron chi connectivity index (χ2n) is 6.82. The molecule has 1 N–H and O–H groups in total. The molecule has 0 radical (unpaired) electrons. The van der Waals surface area contributed by atoms with Crippen molar-refractivity contribution in [1.29, 1.82) is 0 Å². The highest BCUT2D eigenvalue weighted by atomic mass is 32.2. The maximum atomic E-state index is 14.4. The molecule has 1 aromatic heterocycles. The largest absolute Gasteiger partial charge is 0.455 e. The molecule has 33 heavy (non-hydrogen) atoms. The number of anilines is 1. The number of benzene rings is 3. The average molecular weight is 463 g/mol. The van der Waals surface area contributed by atoms with Gasteiger partial charge in [-0.2, -0.15) is 0 Å². The monoisotopic (exact) mass is 462 g/mol. The predicted molar refractivity (Wildman–Crippen MR) is 124 cm³/mol. The van der Waals surface area contributed by atoms with Gasteiger partial charge in [0.25, 0.3) is 5.91 Å². The summed E-state index contributed by atoms with van der Waals surface area (Å²) >= 11 is 1.09. The maximum absolute atomic E-state index is 14.4. The van der Waals surface area contributed by atoms with Gasteiger partial charge in [-0.3, -0.25) is 14.2 Å². The molecule has 0 aliphatic carbocycles. The lowest BCUT2D eigenvalue weighted by Crippen LogP contribution is -2.21. The molecule has 0 aliphatic rings. The Balaban J connectivity index is 1.44. The van der Waals surface area contributed by atoms with Crippen LogP contribution in [-0.2, 0) is 14.3 Å². The van der Waals surface area contributed by atoms with Gasteiger partial charge in [0.15, 0.2) is 17.6 Å². The number of thioether (sulfide) groups is 1. The first-order valence-corrected chi connectivity index (χ1v) is 11.0. The van der Waals surface area contributed by atoms with E-state index < -0.39 is 24.3 Å². The van der Waals surface area contributed by atoms with Crippen molar-refractivity contribution in [3.8, 4) is 17.1 Å². The smallest absolute Gasteiger partial charge is 0.316 e. The zero-order valence-electron chi connectivity index (χ0n) is 17.3. The molecule has 0 unspecified atom stereocenters. The normalized spacial score (nSPS) is 10.6. The van der Waals surface area contributed by atoms with Gasteiger partial charge in [-0.05, 0) is 36.4 Å². The lowest BCUT2D eigenvalue weighted by molar-refractivity contribution is -0.144. The minimum atomic E-state index is -0.585. The number of halogens is 1. The second kappa shape index (κ2) is 10.6. The van der Waals surface area contributed by atoms with Crippen molar-refractivity contribution in [2.75, 3.05) is 17.7 Å². The highest BCUT2D eigenvalue weighted by Crippen LogP contribution is 2.29. The number of amides is 1. The van der Waals surface area contributed by atoms with Crippen LogP contribution in [0.2, 0.25) is 0 Å². The molecule has 4 rings (SSSR count). The summed E-state index contributed by atoms with van der Waals surface area (Å²) in [5.74, 6) is -1.23. The van der Waals surface area contributed by atoms with E-state index in [1.165, 1.54) is 6.07 Å². The number of carbonyl (C=O) groups excluding carboxylic acids is 2. The summed E-state index contributed by atoms with van der Waals surface area (Å²) in [7, 11) is 0. The molecule has 0 aliphatic heterocycles. The van der Waals surface area contributed by atoms with Gasteiger partial charge in [0.05, 0.1) is 11.3 Å². The zero-order chi connectivity index (χ0) is 23.0. The van der Waals surface area contributed by atoms with E-state index in [4.69, 9.17) is 4.74 Å². The number of hydrogen-bond donors (Lipinski definition) is 1. The maximum Gasteiger partial charge on any atom is 0.316 e. The SMILES string of the molecule is O=C(COC(=O)CSc1nnc(-c2ccccc2F)n1-c1ccccc1)Nc1ccccc1. The fourth-order valence-corrected chi connectivity index (χ4v) is 3.77. The van der Waals surface area contributed by atoms with E-state index in [1.807, 2.05) is 36.4 Å². The van der Waals surface area contributed by atoms with Crippen LogP contribution >= 0.6 is 11.8 Å². The molecule has 1 heterocycles. The van der Waals surface area contributed by atoms with Gasteiger partial charge in [-0.15, -0.1) is 10.2 Å². The van der Waals surface area contributed by atoms with Gasteiger partial charge >= 0.3 is 5.97 Å². The molecular weight excluding hydrogens is 443 g/mol. The van der Waals surface area contributed by atoms with E-state index in [0.29, 0.717) is 22.2 Å². The van der Waals surface area contributed by atoms with Crippen LogP contribution in [0.4, 0.5) is 10.1 Å². The average Bonchev–Trinajstić information content (AvgIpc) is 3.26. The molecule has 0 bridgehead atoms. The van der Waals surface area contributed by atoms with E-state index >= 15 is 0 Å². The number of carbonyl (C=O) groups is 2. The van der Waals surface area contributed by atoms with E-state index in [9.17, 15) is 14.0 Å². The standard InChI is InChI=1S/C24H19FN4O3S/c25-20-14-8-7-13-19(20)23-27-28-24(29(23)18-11-5-2-6-12-18)33-16-22(31)32-15-21(30)26-17-9-3-1-4-10-17/h1-14H,15-16H2,(H,26,30). The van der Waals surface area contributed by atoms with Gasteiger partial charge in [-0.25, -0.2) is 4.39 Å². The predicted octanol–water partition coefficient (Wildman–Crippen LogP) is 4.35. The summed E-state index contributed by atoms with van der Waals surface area (Å²) in [6.07, 6.45) is 0. The van der Waals surface area contributed by atoms with E-state index in [1.54, 1.807) is 47.0 Å². The number of esters is 1. The zero-order valence-corrected chi connectivity index (χ0v) is 18.2. The molecule has 0 saturated carbocycles. The van der Waals surface area contributed by atoms with Crippen molar-refractivity contribution in [3.05, 3.63) is 90.7 Å². The molecule has 4 aromatic rings. The number of ether oxygens (including phenoxy) is 1. The molecule has 0 atom stereocenters. The Labute approximate surface area is 193 Å². The molecule has 0 saturated heterocycles. The van der Waals surface area contributed by atoms with Crippen LogP contribution in [0.15, 0.2) is 90.1 Å². The van der Waals surface area contributed by atoms with Crippen molar-refractivity contribution >= 4 is 29.3 Å². The first kappa shape index (κ1) is 22.2. The van der Waals surface area contributed by atoms with Crippen molar-refractivity contribution < 1.29 is 18.7 Å². The number of hydrogen-bond acceptors (Lipinski definition) is 6. The third-order valence-electron chi connectivity index (χ3n) is 4.50. The summed E-state index contributed by atoms with van der Waals surface area (Å²) in [4.78, 5) is 24.2. The summed E-state index contributed by atoms with van der Waals surface area (Å²) in [6.45, 7) is -0.403. The fraction of sp³-hybridized carbons (Fsp3) is 0.0833. The summed E-state index contributed by atoms with van der Waals surface area (Å²) in [6, 6.07) is 24.4. The Bertz CT molecular complexity index is 1250. The van der Waals surface area contributed by atoms with Gasteiger partial charge in [0, 0.05) is 11.4 Å². The minimum absolute atomic E-state index is 0.0964. The number of nitrogens with one attached hydrogen (secondary N) is 1. The lowest BCUT2D eigenvalue weighted by atomic mass is 10.2. The van der Waals surface area contributed by atoms with Crippen LogP contribution in [-0.4, -0.2) is 39.0 Å². The molecule has 166 valence electrons. The van der Waals surface area contributed by atoms with E-state index in [-0.39, 0.29) is 5.75 Å². The first-order chi connectivity index (χ1) is 16.1. The number of nitrogens with zero attached hydrogens (tertiary/aromatic N) is 3. The van der Waals surface area contributed by atoms with Gasteiger partial charge in [-0.1, -0.05) is 60.3 Å². The Hall–Kier alpha value is -3.98. The van der Waals surface area contributed by atoms with Gasteiger partial charge in [0.1, 0.15) is 5.82 Å². The Morgan fingerprint density at radius 1 is 0.909 bits per heavy atom. The van der Waals surface area contributed by atoms with Crippen LogP contribution in [0.5, 0.6) is 0 Å². The van der Waals surface area contributed by atoms with Crippen LogP contribution < -0.4 is 5.32 Å². The Morgan fingerprint density at radius 3 is 2.30 bits per heavy atom.